The highest BCUT2D eigenvalue weighted by Crippen LogP contribution is 2.35. The lowest BCUT2D eigenvalue weighted by Gasteiger charge is -1.98. The van der Waals surface area contributed by atoms with E-state index < -0.39 is 7.14 Å². The van der Waals surface area contributed by atoms with Crippen molar-refractivity contribution in [2.24, 2.45) is 0 Å². The maximum absolute atomic E-state index is 11.1. The molecule has 0 rings (SSSR count). The van der Waals surface area contributed by atoms with Crippen LogP contribution in [0.2, 0.25) is 0 Å². The summed E-state index contributed by atoms with van der Waals surface area (Å²) in [6.45, 7) is 3.62. The second kappa shape index (κ2) is 5.15. The van der Waals surface area contributed by atoms with Crippen molar-refractivity contribution in [1.82, 2.24) is 0 Å². The van der Waals surface area contributed by atoms with Crippen LogP contribution in [-0.4, -0.2) is 24.8 Å². The van der Waals surface area contributed by atoms with Crippen LogP contribution in [0.5, 0.6) is 0 Å². The van der Waals surface area contributed by atoms with Crippen LogP contribution in [0.15, 0.2) is 12.2 Å². The third kappa shape index (κ3) is 8.45. The van der Waals surface area contributed by atoms with Crippen LogP contribution in [0.4, 0.5) is 0 Å². The Bertz CT molecular complexity index is 148. The maximum atomic E-state index is 11.1. The normalized spacial score (nSPS) is 12.7. The number of hydrogen-bond donors (Lipinski definition) is 0. The highest BCUT2D eigenvalue weighted by atomic mass is 79.9. The zero-order valence-corrected chi connectivity index (χ0v) is 8.99. The molecule has 0 fully saturated rings. The van der Waals surface area contributed by atoms with E-state index in [1.807, 2.05) is 19.4 Å². The fourth-order valence-corrected chi connectivity index (χ4v) is 1.43. The molecule has 0 saturated carbocycles. The minimum absolute atomic E-state index is 0.736. The van der Waals surface area contributed by atoms with Crippen LogP contribution >= 0.6 is 23.1 Å². The van der Waals surface area contributed by atoms with E-state index in [-0.39, 0.29) is 0 Å². The highest BCUT2D eigenvalue weighted by Gasteiger charge is 2.01. The summed E-state index contributed by atoms with van der Waals surface area (Å²) in [6.07, 6.45) is 5.83. The van der Waals surface area contributed by atoms with Gasteiger partial charge in [-0.05, 0) is 19.8 Å². The Kier molecular flexibility index (Phi) is 5.38. The molecule has 0 radical (unpaired) electrons. The number of alkyl halides is 1. The van der Waals surface area contributed by atoms with Gasteiger partial charge < -0.3 is 4.57 Å². The van der Waals surface area contributed by atoms with Crippen LogP contribution in [0.3, 0.4) is 0 Å². The van der Waals surface area contributed by atoms with Crippen molar-refractivity contribution in [2.45, 2.75) is 6.42 Å². The first kappa shape index (κ1) is 10.4. The Hall–Kier alpha value is 0.450. The average molecular weight is 225 g/mol. The van der Waals surface area contributed by atoms with Gasteiger partial charge in [-0.1, -0.05) is 28.1 Å². The second-order valence-corrected chi connectivity index (χ2v) is 7.01. The van der Waals surface area contributed by atoms with Gasteiger partial charge in [-0.2, -0.15) is 0 Å². The number of hydrogen-bond acceptors (Lipinski definition) is 1. The van der Waals surface area contributed by atoms with Crippen molar-refractivity contribution in [3.8, 4) is 0 Å². The first-order chi connectivity index (χ1) is 4.56. The predicted octanol–water partition coefficient (Wildman–Crippen LogP) is 2.95. The minimum atomic E-state index is -1.81. The molecule has 1 nitrogen and oxygen atoms in total. The standard InChI is InChI=1S/C7H14BrOP/c1-10(2,9)7-5-3-4-6-8/h3,5H,4,6-7H2,1-2H3. The van der Waals surface area contributed by atoms with Gasteiger partial charge in [0.1, 0.15) is 0 Å². The summed E-state index contributed by atoms with van der Waals surface area (Å²) in [5, 5.41) is 0.987. The van der Waals surface area contributed by atoms with E-state index in [0.717, 1.165) is 17.9 Å². The Morgan fingerprint density at radius 1 is 1.40 bits per heavy atom. The maximum Gasteiger partial charge on any atom is 0.0854 e. The first-order valence-electron chi connectivity index (χ1n) is 3.31. The van der Waals surface area contributed by atoms with Gasteiger partial charge in [-0.15, -0.1) is 0 Å². The molecule has 0 atom stereocenters. The lowest BCUT2D eigenvalue weighted by atomic mass is 10.4. The molecule has 0 aliphatic heterocycles. The van der Waals surface area contributed by atoms with Crippen molar-refractivity contribution in [2.75, 3.05) is 24.8 Å². The third-order valence-corrected chi connectivity index (χ3v) is 2.54. The van der Waals surface area contributed by atoms with Gasteiger partial charge in [0.2, 0.25) is 0 Å². The summed E-state index contributed by atoms with van der Waals surface area (Å²) in [5.41, 5.74) is 0. The molecule has 0 amide bonds. The van der Waals surface area contributed by atoms with Gasteiger partial charge in [0.15, 0.2) is 0 Å². The van der Waals surface area contributed by atoms with E-state index in [9.17, 15) is 4.57 Å². The molecule has 0 saturated heterocycles. The minimum Gasteiger partial charge on any atom is -0.324 e. The fourth-order valence-electron chi connectivity index (χ4n) is 0.509. The second-order valence-electron chi connectivity index (χ2n) is 2.71. The Morgan fingerprint density at radius 3 is 2.40 bits per heavy atom. The molecule has 0 bridgehead atoms. The Labute approximate surface area is 71.4 Å². The molecule has 0 heterocycles. The molecule has 10 heavy (non-hydrogen) atoms. The monoisotopic (exact) mass is 224 g/mol. The van der Waals surface area contributed by atoms with Gasteiger partial charge in [-0.3, -0.25) is 0 Å². The van der Waals surface area contributed by atoms with Crippen molar-refractivity contribution >= 4 is 23.1 Å². The smallest absolute Gasteiger partial charge is 0.0854 e. The molecule has 0 aromatic heterocycles. The average Bonchev–Trinajstić information content (AvgIpc) is 1.78. The van der Waals surface area contributed by atoms with Gasteiger partial charge in [0.05, 0.1) is 7.14 Å². The SMILES string of the molecule is CP(C)(=O)CC=CCCBr. The summed E-state index contributed by atoms with van der Waals surface area (Å²) in [5.74, 6) is 0. The van der Waals surface area contributed by atoms with Crippen LogP contribution in [0.1, 0.15) is 6.42 Å². The lowest BCUT2D eigenvalue weighted by Crippen LogP contribution is -1.79. The summed E-state index contributed by atoms with van der Waals surface area (Å²) >= 11 is 3.31. The topological polar surface area (TPSA) is 17.1 Å². The number of halogens is 1. The molecule has 0 aliphatic rings. The molecular weight excluding hydrogens is 211 g/mol. The molecule has 60 valence electrons. The Balaban J connectivity index is 3.44. The molecule has 0 aliphatic carbocycles. The first-order valence-corrected chi connectivity index (χ1v) is 7.22. The van der Waals surface area contributed by atoms with Gasteiger partial charge in [0, 0.05) is 11.5 Å². The highest BCUT2D eigenvalue weighted by molar-refractivity contribution is 9.09. The number of allylic oxidation sites excluding steroid dienone is 2. The summed E-state index contributed by atoms with van der Waals surface area (Å²) in [4.78, 5) is 0. The van der Waals surface area contributed by atoms with Crippen LogP contribution < -0.4 is 0 Å². The zero-order chi connectivity index (χ0) is 8.04. The molecular formula is C7H14BrOP. The molecule has 3 heteroatoms. The van der Waals surface area contributed by atoms with Crippen LogP contribution in [-0.2, 0) is 4.57 Å². The van der Waals surface area contributed by atoms with Gasteiger partial charge in [-0.25, -0.2) is 0 Å². The fraction of sp³-hybridized carbons (Fsp3) is 0.714. The van der Waals surface area contributed by atoms with E-state index in [0.29, 0.717) is 0 Å². The molecule has 0 unspecified atom stereocenters. The summed E-state index contributed by atoms with van der Waals surface area (Å²) < 4.78 is 11.1. The number of rotatable bonds is 4. The van der Waals surface area contributed by atoms with Crippen molar-refractivity contribution < 1.29 is 4.57 Å². The lowest BCUT2D eigenvalue weighted by molar-refractivity contribution is 0.584. The van der Waals surface area contributed by atoms with E-state index >= 15 is 0 Å². The zero-order valence-electron chi connectivity index (χ0n) is 6.51. The molecule has 0 aromatic rings. The quantitative estimate of drug-likeness (QED) is 0.408. The van der Waals surface area contributed by atoms with E-state index in [1.54, 1.807) is 0 Å². The van der Waals surface area contributed by atoms with Crippen molar-refractivity contribution in [3.05, 3.63) is 12.2 Å². The summed E-state index contributed by atoms with van der Waals surface area (Å²) in [7, 11) is -1.81. The van der Waals surface area contributed by atoms with Crippen molar-refractivity contribution in [3.63, 3.8) is 0 Å². The molecule has 0 spiro atoms. The predicted molar refractivity (Wildman–Crippen MR) is 51.9 cm³/mol. The van der Waals surface area contributed by atoms with E-state index in [1.165, 1.54) is 0 Å². The molecule has 0 aromatic carbocycles. The van der Waals surface area contributed by atoms with Crippen LogP contribution in [0.25, 0.3) is 0 Å². The summed E-state index contributed by atoms with van der Waals surface area (Å²) in [6, 6.07) is 0. The molecule has 0 N–H and O–H groups in total. The van der Waals surface area contributed by atoms with E-state index in [2.05, 4.69) is 22.0 Å². The van der Waals surface area contributed by atoms with Crippen LogP contribution in [0, 0.1) is 0 Å². The van der Waals surface area contributed by atoms with Crippen molar-refractivity contribution in [1.29, 1.82) is 0 Å². The third-order valence-electron chi connectivity index (χ3n) is 0.988. The van der Waals surface area contributed by atoms with Gasteiger partial charge >= 0.3 is 0 Å². The largest absolute Gasteiger partial charge is 0.324 e. The van der Waals surface area contributed by atoms with Gasteiger partial charge in [0.25, 0.3) is 0 Å². The Morgan fingerprint density at radius 2 is 2.00 bits per heavy atom. The van der Waals surface area contributed by atoms with E-state index in [4.69, 9.17) is 0 Å².